The van der Waals surface area contributed by atoms with Crippen molar-refractivity contribution in [1.82, 2.24) is 5.32 Å². The molecule has 1 amide bonds. The van der Waals surface area contributed by atoms with Gasteiger partial charge in [-0.2, -0.15) is 0 Å². The van der Waals surface area contributed by atoms with Crippen LogP contribution in [0.2, 0.25) is 0 Å². The molecule has 2 heterocycles. The first-order chi connectivity index (χ1) is 23.0. The van der Waals surface area contributed by atoms with Gasteiger partial charge in [0.1, 0.15) is 41.3 Å². The molecular weight excluding hydrogens is 658 g/mol. The van der Waals surface area contributed by atoms with Gasteiger partial charge in [0.25, 0.3) is 0 Å². The Morgan fingerprint density at radius 1 is 1.12 bits per heavy atom. The Hall–Kier alpha value is -3.34. The molecule has 15 heteroatoms. The maximum Gasteiger partial charge on any atom is 0.407 e. The number of hydrogen-bond donors (Lipinski definition) is 6. The van der Waals surface area contributed by atoms with Crippen molar-refractivity contribution in [2.75, 3.05) is 13.2 Å². The number of carbonyl (C=O) groups is 4. The zero-order chi connectivity index (χ0) is 37.4. The largest absolute Gasteiger partial charge is 0.467 e. The fourth-order valence-electron chi connectivity index (χ4n) is 8.37. The number of rotatable bonds is 7. The second kappa shape index (κ2) is 12.7. The number of carbonyl (C=O) groups excluding carboxylic acids is 4. The fraction of sp³-hybridized carbons (Fsp3) is 0.714. The van der Waals surface area contributed by atoms with Gasteiger partial charge in [-0.05, 0) is 42.5 Å². The van der Waals surface area contributed by atoms with Crippen LogP contribution in [0.3, 0.4) is 0 Å². The number of Topliss-reactive ketones (excluding diaryl/α,β-unsaturated/α-hetero) is 1. The number of nitrogens with one attached hydrogen (secondary N) is 1. The Morgan fingerprint density at radius 3 is 2.32 bits per heavy atom. The molecule has 1 aromatic rings. The molecule has 0 radical (unpaired) electrons. The third-order valence-corrected chi connectivity index (χ3v) is 11.2. The van der Waals surface area contributed by atoms with E-state index in [0.29, 0.717) is 0 Å². The van der Waals surface area contributed by atoms with Gasteiger partial charge >= 0.3 is 18.0 Å². The molecule has 2 saturated carbocycles. The molecule has 11 atom stereocenters. The van der Waals surface area contributed by atoms with E-state index in [9.17, 15) is 44.7 Å². The van der Waals surface area contributed by atoms with Crippen molar-refractivity contribution in [2.24, 2.45) is 22.2 Å². The van der Waals surface area contributed by atoms with Crippen LogP contribution in [-0.4, -0.2) is 110 Å². The smallest absolute Gasteiger partial charge is 0.407 e. The molecule has 1 saturated heterocycles. The third kappa shape index (κ3) is 5.95. The van der Waals surface area contributed by atoms with Crippen LogP contribution in [0.5, 0.6) is 0 Å². The summed E-state index contributed by atoms with van der Waals surface area (Å²) in [6.45, 7) is 12.3. The molecule has 0 unspecified atom stereocenters. The lowest BCUT2D eigenvalue weighted by Crippen LogP contribution is -2.81. The average Bonchev–Trinajstić information content (AvgIpc) is 3.55. The Balaban J connectivity index is 1.55. The van der Waals surface area contributed by atoms with E-state index in [1.807, 2.05) is 20.8 Å². The highest BCUT2D eigenvalue weighted by atomic mass is 16.6. The number of esters is 2. The highest BCUT2D eigenvalue weighted by Gasteiger charge is 2.76. The van der Waals surface area contributed by atoms with E-state index in [4.69, 9.17) is 23.4 Å². The van der Waals surface area contributed by atoms with Crippen LogP contribution in [0.15, 0.2) is 34.0 Å². The van der Waals surface area contributed by atoms with Crippen LogP contribution < -0.4 is 5.32 Å². The molecule has 278 valence electrons. The Morgan fingerprint density at radius 2 is 1.78 bits per heavy atom. The highest BCUT2D eigenvalue weighted by Crippen LogP contribution is 2.63. The van der Waals surface area contributed by atoms with Crippen molar-refractivity contribution in [2.45, 2.75) is 122 Å². The molecule has 3 fully saturated rings. The first-order valence-electron chi connectivity index (χ1n) is 16.7. The number of ether oxygens (including phenoxy) is 4. The lowest BCUT2D eigenvalue weighted by Gasteiger charge is -2.66. The van der Waals surface area contributed by atoms with Crippen molar-refractivity contribution in [3.8, 4) is 0 Å². The molecule has 6 N–H and O–H groups in total. The van der Waals surface area contributed by atoms with Crippen LogP contribution in [0, 0.1) is 22.2 Å². The van der Waals surface area contributed by atoms with Gasteiger partial charge < -0.3 is 54.2 Å². The molecule has 50 heavy (non-hydrogen) atoms. The average molecular weight is 708 g/mol. The van der Waals surface area contributed by atoms with Gasteiger partial charge in [0.05, 0.1) is 37.1 Å². The quantitative estimate of drug-likeness (QED) is 0.133. The van der Waals surface area contributed by atoms with Gasteiger partial charge in [-0.3, -0.25) is 9.59 Å². The van der Waals surface area contributed by atoms with E-state index < -0.39 is 101 Å². The fourth-order valence-corrected chi connectivity index (χ4v) is 8.37. The maximum atomic E-state index is 14.4. The summed E-state index contributed by atoms with van der Waals surface area (Å²) in [4.78, 5) is 53.5. The topological polar surface area (TPSA) is 232 Å². The third-order valence-electron chi connectivity index (χ3n) is 11.2. The molecule has 2 bridgehead atoms. The van der Waals surface area contributed by atoms with Crippen LogP contribution in [0.25, 0.3) is 0 Å². The number of furan rings is 1. The van der Waals surface area contributed by atoms with Crippen LogP contribution in [0.1, 0.15) is 80.0 Å². The summed E-state index contributed by atoms with van der Waals surface area (Å²) in [7, 11) is 0. The first-order valence-corrected chi connectivity index (χ1v) is 16.7. The number of amides is 1. The Bertz CT molecular complexity index is 1550. The van der Waals surface area contributed by atoms with Gasteiger partial charge in [0, 0.05) is 31.1 Å². The zero-order valence-corrected chi connectivity index (χ0v) is 29.6. The molecule has 4 aliphatic rings. The highest BCUT2D eigenvalue weighted by molar-refractivity contribution is 5.93. The van der Waals surface area contributed by atoms with Crippen LogP contribution in [0.4, 0.5) is 4.79 Å². The van der Waals surface area contributed by atoms with Gasteiger partial charge in [-0.1, -0.05) is 34.6 Å². The summed E-state index contributed by atoms with van der Waals surface area (Å²) in [5, 5.41) is 61.8. The van der Waals surface area contributed by atoms with E-state index in [0.717, 1.165) is 6.92 Å². The van der Waals surface area contributed by atoms with Crippen LogP contribution >= 0.6 is 0 Å². The monoisotopic (exact) mass is 707 g/mol. The van der Waals surface area contributed by atoms with Crippen molar-refractivity contribution in [1.29, 1.82) is 0 Å². The van der Waals surface area contributed by atoms with Crippen molar-refractivity contribution < 1.29 is 68.1 Å². The predicted molar refractivity (Wildman–Crippen MR) is 171 cm³/mol. The summed E-state index contributed by atoms with van der Waals surface area (Å²) in [5.41, 5.74) is -7.83. The molecule has 5 rings (SSSR count). The summed E-state index contributed by atoms with van der Waals surface area (Å²) in [5.74, 6) is -4.49. The van der Waals surface area contributed by atoms with Gasteiger partial charge in [-0.25, -0.2) is 9.59 Å². The van der Waals surface area contributed by atoms with Crippen molar-refractivity contribution in [3.63, 3.8) is 0 Å². The Labute approximate surface area is 289 Å². The molecule has 1 aromatic heterocycles. The van der Waals surface area contributed by atoms with E-state index in [1.165, 1.54) is 46.1 Å². The predicted octanol–water partition coefficient (Wildman–Crippen LogP) is 1.24. The molecule has 0 aromatic carbocycles. The van der Waals surface area contributed by atoms with E-state index in [1.54, 1.807) is 0 Å². The summed E-state index contributed by atoms with van der Waals surface area (Å²) in [6, 6.07) is 1.44. The summed E-state index contributed by atoms with van der Waals surface area (Å²) < 4.78 is 27.8. The normalized spacial score (nSPS) is 37.5. The number of ketones is 1. The van der Waals surface area contributed by atoms with Gasteiger partial charge in [-0.15, -0.1) is 0 Å². The Kier molecular flexibility index (Phi) is 9.63. The lowest BCUT2D eigenvalue weighted by molar-refractivity contribution is -0.345. The standard InChI is InChI=1S/C35H49NO14/c1-16-19(50-29(42)25(40)23(18-10-9-11-46-18)36-30(43)48-14-31(3,4)5)13-35(45)28(49-17(2)37)26-33(8,20(38)12-21-34(26,44)15-47-21)27(41)24(39)22(16)32(35,6)7/h9-11,19-21,23-26,28,38-40,44-45H,12-15H2,1-8H3,(H,36,43)/t19-,20-,21+,23-,24+,25+,26-,28-,33+,34-,35+/m0/s1. The van der Waals surface area contributed by atoms with E-state index in [-0.39, 0.29) is 42.0 Å². The summed E-state index contributed by atoms with van der Waals surface area (Å²) >= 11 is 0. The first kappa shape index (κ1) is 37.9. The van der Waals surface area contributed by atoms with Crippen LogP contribution in [-0.2, 0) is 33.3 Å². The van der Waals surface area contributed by atoms with Crippen molar-refractivity contribution >= 4 is 23.8 Å². The maximum absolute atomic E-state index is 14.4. The number of fused-ring (bicyclic) bond motifs is 5. The molecule has 15 nitrogen and oxygen atoms in total. The second-order valence-electron chi connectivity index (χ2n) is 16.1. The van der Waals surface area contributed by atoms with Gasteiger partial charge in [0.15, 0.2) is 11.9 Å². The minimum absolute atomic E-state index is 0.00222. The number of alkyl carbamates (subject to hydrolysis) is 1. The SMILES string of the molecule is CC(=O)O[C@H]1[C@@H]2[C@]3(O)CO[C@@H]3C[C@H](O)[C@@]2(C)C(=O)[C@H](O)C2=C(C)[C@@H](OC(=O)[C@H](O)[C@@H](NC(=O)OCC(C)(C)C)c3ccco3)C[C@]1(O)C2(C)C. The number of aliphatic hydroxyl groups is 5. The van der Waals surface area contributed by atoms with E-state index in [2.05, 4.69) is 5.32 Å². The number of aliphatic hydroxyl groups excluding tert-OH is 3. The minimum atomic E-state index is -2.25. The van der Waals surface area contributed by atoms with Crippen molar-refractivity contribution in [3.05, 3.63) is 35.3 Å². The summed E-state index contributed by atoms with van der Waals surface area (Å²) in [6.07, 6.45) is -9.87. The number of hydrogen-bond acceptors (Lipinski definition) is 14. The molecular formula is C35H49NO14. The molecule has 3 aliphatic carbocycles. The molecule has 0 spiro atoms. The second-order valence-corrected chi connectivity index (χ2v) is 16.1. The lowest BCUT2D eigenvalue weighted by atomic mass is 9.45. The zero-order valence-electron chi connectivity index (χ0n) is 29.6. The van der Waals surface area contributed by atoms with E-state index >= 15 is 0 Å². The minimum Gasteiger partial charge on any atom is -0.467 e. The van der Waals surface area contributed by atoms with Gasteiger partial charge in [0.2, 0.25) is 0 Å². The molecule has 1 aliphatic heterocycles.